The van der Waals surface area contributed by atoms with Crippen molar-refractivity contribution in [3.05, 3.63) is 53.6 Å². The van der Waals surface area contributed by atoms with Gasteiger partial charge in [0.05, 0.1) is 12.6 Å². The number of para-hydroxylation sites is 1. The number of rotatable bonds is 4. The average molecular weight is 284 g/mol. The van der Waals surface area contributed by atoms with Crippen LogP contribution < -0.4 is 16.0 Å². The lowest BCUT2D eigenvalue weighted by molar-refractivity contribution is 0.254. The molecule has 0 radical (unpaired) electrons. The maximum atomic E-state index is 5.72. The summed E-state index contributed by atoms with van der Waals surface area (Å²) >= 11 is 0. The number of fused-ring (bicyclic) bond motifs is 1. The van der Waals surface area contributed by atoms with Crippen molar-refractivity contribution < 1.29 is 4.74 Å². The third-order valence-electron chi connectivity index (χ3n) is 3.92. The fourth-order valence-electron chi connectivity index (χ4n) is 2.78. The first kappa shape index (κ1) is 14.0. The lowest BCUT2D eigenvalue weighted by Crippen LogP contribution is -2.31. The Morgan fingerprint density at radius 2 is 2.10 bits per heavy atom. The molecule has 2 unspecified atom stereocenters. The molecule has 3 N–H and O–H groups in total. The van der Waals surface area contributed by atoms with Crippen LogP contribution in [0.15, 0.2) is 36.7 Å². The van der Waals surface area contributed by atoms with Crippen molar-refractivity contribution in [2.45, 2.75) is 31.7 Å². The number of hydrazine groups is 1. The molecule has 0 saturated carbocycles. The molecule has 2 heterocycles. The number of aryl methyl sites for hydroxylation is 1. The van der Waals surface area contributed by atoms with Gasteiger partial charge in [-0.3, -0.25) is 5.84 Å². The van der Waals surface area contributed by atoms with Crippen molar-refractivity contribution in [1.82, 2.24) is 15.4 Å². The van der Waals surface area contributed by atoms with E-state index in [-0.39, 0.29) is 6.04 Å². The zero-order valence-electron chi connectivity index (χ0n) is 12.1. The first-order valence-corrected chi connectivity index (χ1v) is 7.24. The SMILES string of the molecule is Cc1cnc(C(CC2CCOc3ccccc32)NN)nc1. The number of nitrogens with zero attached hydrogens (tertiary/aromatic N) is 2. The maximum absolute atomic E-state index is 5.72. The normalized spacial score (nSPS) is 18.7. The van der Waals surface area contributed by atoms with Crippen LogP contribution in [-0.4, -0.2) is 16.6 Å². The van der Waals surface area contributed by atoms with Crippen LogP contribution in [0.25, 0.3) is 0 Å². The van der Waals surface area contributed by atoms with E-state index in [1.165, 1.54) is 5.56 Å². The highest BCUT2D eigenvalue weighted by atomic mass is 16.5. The van der Waals surface area contributed by atoms with Gasteiger partial charge in [-0.05, 0) is 42.9 Å². The second-order valence-electron chi connectivity index (χ2n) is 5.45. The van der Waals surface area contributed by atoms with Gasteiger partial charge in [0.2, 0.25) is 0 Å². The molecule has 5 heteroatoms. The van der Waals surface area contributed by atoms with E-state index in [1.807, 2.05) is 37.5 Å². The number of benzene rings is 1. The van der Waals surface area contributed by atoms with Crippen LogP contribution in [0.1, 0.15) is 41.8 Å². The molecule has 0 spiro atoms. The third-order valence-corrected chi connectivity index (χ3v) is 3.92. The average Bonchev–Trinajstić information content (AvgIpc) is 2.54. The Bertz CT molecular complexity index is 599. The Balaban J connectivity index is 1.80. The zero-order chi connectivity index (χ0) is 14.7. The molecule has 1 aromatic carbocycles. The molecule has 0 saturated heterocycles. The Labute approximate surface area is 124 Å². The quantitative estimate of drug-likeness (QED) is 0.665. The minimum Gasteiger partial charge on any atom is -0.493 e. The Morgan fingerprint density at radius 3 is 2.86 bits per heavy atom. The van der Waals surface area contributed by atoms with Crippen LogP contribution in [0.3, 0.4) is 0 Å². The molecular formula is C16H20N4O. The molecule has 1 aliphatic rings. The van der Waals surface area contributed by atoms with Crippen molar-refractivity contribution in [2.24, 2.45) is 5.84 Å². The molecule has 1 aliphatic heterocycles. The zero-order valence-corrected chi connectivity index (χ0v) is 12.1. The number of nitrogens with one attached hydrogen (secondary N) is 1. The van der Waals surface area contributed by atoms with Crippen LogP contribution in [0.5, 0.6) is 5.75 Å². The van der Waals surface area contributed by atoms with Gasteiger partial charge in [0.15, 0.2) is 0 Å². The summed E-state index contributed by atoms with van der Waals surface area (Å²) in [6.07, 6.45) is 5.50. The maximum Gasteiger partial charge on any atom is 0.146 e. The van der Waals surface area contributed by atoms with E-state index in [1.54, 1.807) is 0 Å². The number of aromatic nitrogens is 2. The van der Waals surface area contributed by atoms with Crippen LogP contribution in [0, 0.1) is 6.92 Å². The van der Waals surface area contributed by atoms with Gasteiger partial charge in [-0.15, -0.1) is 0 Å². The Morgan fingerprint density at radius 1 is 1.33 bits per heavy atom. The fourth-order valence-corrected chi connectivity index (χ4v) is 2.78. The molecule has 0 amide bonds. The molecule has 0 bridgehead atoms. The monoisotopic (exact) mass is 284 g/mol. The smallest absolute Gasteiger partial charge is 0.146 e. The Hall–Kier alpha value is -1.98. The number of nitrogens with two attached hydrogens (primary N) is 1. The molecule has 3 rings (SSSR count). The summed E-state index contributed by atoms with van der Waals surface area (Å²) in [5.74, 6) is 7.85. The first-order chi connectivity index (χ1) is 10.3. The van der Waals surface area contributed by atoms with E-state index in [0.717, 1.165) is 36.6 Å². The van der Waals surface area contributed by atoms with Crippen molar-refractivity contribution >= 4 is 0 Å². The fraction of sp³-hybridized carbons (Fsp3) is 0.375. The van der Waals surface area contributed by atoms with Gasteiger partial charge in [-0.1, -0.05) is 18.2 Å². The second kappa shape index (κ2) is 6.20. The molecule has 0 fully saturated rings. The van der Waals surface area contributed by atoms with E-state index in [4.69, 9.17) is 10.6 Å². The molecule has 21 heavy (non-hydrogen) atoms. The molecule has 2 atom stereocenters. The van der Waals surface area contributed by atoms with E-state index < -0.39 is 0 Å². The highest BCUT2D eigenvalue weighted by Gasteiger charge is 2.25. The Kier molecular flexibility index (Phi) is 4.13. The summed E-state index contributed by atoms with van der Waals surface area (Å²) in [5.41, 5.74) is 5.14. The van der Waals surface area contributed by atoms with E-state index in [0.29, 0.717) is 5.92 Å². The first-order valence-electron chi connectivity index (χ1n) is 7.24. The van der Waals surface area contributed by atoms with Gasteiger partial charge in [0.25, 0.3) is 0 Å². The van der Waals surface area contributed by atoms with Gasteiger partial charge in [0.1, 0.15) is 11.6 Å². The molecule has 5 nitrogen and oxygen atoms in total. The minimum atomic E-state index is -0.0539. The largest absolute Gasteiger partial charge is 0.493 e. The summed E-state index contributed by atoms with van der Waals surface area (Å²) in [6, 6.07) is 8.15. The topological polar surface area (TPSA) is 73.1 Å². The van der Waals surface area contributed by atoms with Gasteiger partial charge in [-0.25, -0.2) is 15.4 Å². The minimum absolute atomic E-state index is 0.0539. The number of hydrogen-bond donors (Lipinski definition) is 2. The van der Waals surface area contributed by atoms with E-state index >= 15 is 0 Å². The lowest BCUT2D eigenvalue weighted by Gasteiger charge is -2.28. The van der Waals surface area contributed by atoms with Crippen molar-refractivity contribution in [3.8, 4) is 5.75 Å². The highest BCUT2D eigenvalue weighted by molar-refractivity contribution is 5.37. The molecule has 1 aromatic heterocycles. The predicted molar refractivity (Wildman–Crippen MR) is 80.7 cm³/mol. The number of ether oxygens (including phenoxy) is 1. The standard InChI is InChI=1S/C16H20N4O/c1-11-9-18-16(19-10-11)14(20-17)8-12-6-7-21-15-5-3-2-4-13(12)15/h2-5,9-10,12,14,20H,6-8,17H2,1H3. The molecular weight excluding hydrogens is 264 g/mol. The lowest BCUT2D eigenvalue weighted by atomic mass is 9.87. The van der Waals surface area contributed by atoms with Crippen LogP contribution >= 0.6 is 0 Å². The molecule has 0 aliphatic carbocycles. The third kappa shape index (κ3) is 3.04. The van der Waals surface area contributed by atoms with Crippen molar-refractivity contribution in [2.75, 3.05) is 6.61 Å². The predicted octanol–water partition coefficient (Wildman–Crippen LogP) is 2.25. The summed E-state index contributed by atoms with van der Waals surface area (Å²) in [6.45, 7) is 2.72. The highest BCUT2D eigenvalue weighted by Crippen LogP contribution is 2.38. The van der Waals surface area contributed by atoms with Crippen LogP contribution in [0.2, 0.25) is 0 Å². The van der Waals surface area contributed by atoms with Crippen LogP contribution in [0.4, 0.5) is 0 Å². The van der Waals surface area contributed by atoms with Crippen molar-refractivity contribution in [1.29, 1.82) is 0 Å². The van der Waals surface area contributed by atoms with Gasteiger partial charge in [-0.2, -0.15) is 0 Å². The van der Waals surface area contributed by atoms with Crippen molar-refractivity contribution in [3.63, 3.8) is 0 Å². The summed E-state index contributed by atoms with van der Waals surface area (Å²) in [7, 11) is 0. The molecule has 2 aromatic rings. The van der Waals surface area contributed by atoms with E-state index in [2.05, 4.69) is 21.5 Å². The van der Waals surface area contributed by atoms with Gasteiger partial charge < -0.3 is 4.74 Å². The second-order valence-corrected chi connectivity index (χ2v) is 5.45. The van der Waals surface area contributed by atoms with E-state index in [9.17, 15) is 0 Å². The molecule has 110 valence electrons. The number of hydrogen-bond acceptors (Lipinski definition) is 5. The van der Waals surface area contributed by atoms with Crippen LogP contribution in [-0.2, 0) is 0 Å². The van der Waals surface area contributed by atoms with Gasteiger partial charge >= 0.3 is 0 Å². The summed E-state index contributed by atoms with van der Waals surface area (Å²) in [5, 5.41) is 0. The van der Waals surface area contributed by atoms with Gasteiger partial charge in [0, 0.05) is 12.4 Å². The summed E-state index contributed by atoms with van der Waals surface area (Å²) < 4.78 is 5.71. The summed E-state index contributed by atoms with van der Waals surface area (Å²) in [4.78, 5) is 8.77.